The van der Waals surface area contributed by atoms with Crippen molar-refractivity contribution in [2.24, 2.45) is 11.7 Å². The van der Waals surface area contributed by atoms with Crippen LogP contribution in [0.4, 0.5) is 0 Å². The molecule has 1 aliphatic rings. The van der Waals surface area contributed by atoms with Crippen LogP contribution in [0.25, 0.3) is 0 Å². The number of aliphatic carboxylic acids is 4. The van der Waals surface area contributed by atoms with E-state index in [1.165, 1.54) is 6.42 Å². The Morgan fingerprint density at radius 3 is 1.86 bits per heavy atom. The van der Waals surface area contributed by atoms with Gasteiger partial charge in [-0.15, -0.1) is 0 Å². The molecule has 13 heteroatoms. The zero-order chi connectivity index (χ0) is 27.7. The standard InChI is InChI=1S/C15H22Cl2N2O.2C4H6O4/c1-2-20-14-4-3-13(16)15(17)12(14)6-8-19-7-5-11(9-18)10-19;2*5-3(6)1-2-4(7)8/h3-4,11H,2,5-10,18H2,1H3;2*1-2H2,(H,5,6)(H,7,8)/t11-;;/m0../s1. The molecule has 1 fully saturated rings. The summed E-state index contributed by atoms with van der Waals surface area (Å²) in [5.74, 6) is -2.83. The lowest BCUT2D eigenvalue weighted by atomic mass is 10.1. The molecule has 0 amide bonds. The molecule has 204 valence electrons. The lowest BCUT2D eigenvalue weighted by Gasteiger charge is -2.18. The number of rotatable bonds is 12. The molecular formula is C23H34Cl2N2O9. The Balaban J connectivity index is 0.000000634. The Bertz CT molecular complexity index is 812. The van der Waals surface area contributed by atoms with Crippen LogP contribution < -0.4 is 10.5 Å². The molecule has 1 aliphatic heterocycles. The van der Waals surface area contributed by atoms with Gasteiger partial charge in [0, 0.05) is 18.7 Å². The third kappa shape index (κ3) is 15.4. The molecule has 0 radical (unpaired) electrons. The Labute approximate surface area is 219 Å². The predicted molar refractivity (Wildman–Crippen MR) is 134 cm³/mol. The molecule has 6 N–H and O–H groups in total. The molecule has 0 aromatic heterocycles. The molecular weight excluding hydrogens is 519 g/mol. The minimum Gasteiger partial charge on any atom is -0.494 e. The SMILES string of the molecule is CCOc1ccc(Cl)c(Cl)c1CCN1CC[C@@H](CN)C1.O=C(O)CCC(=O)O.O=C(O)CCC(=O)O. The van der Waals surface area contributed by atoms with Gasteiger partial charge in [0.15, 0.2) is 0 Å². The summed E-state index contributed by atoms with van der Waals surface area (Å²) in [6.07, 6.45) is 0.861. The van der Waals surface area contributed by atoms with Crippen molar-refractivity contribution in [1.82, 2.24) is 4.90 Å². The van der Waals surface area contributed by atoms with Crippen LogP contribution >= 0.6 is 23.2 Å². The second kappa shape index (κ2) is 18.6. The Hall–Kier alpha value is -2.60. The minimum absolute atomic E-state index is 0.296. The number of carboxylic acid groups (broad SMARTS) is 4. The van der Waals surface area contributed by atoms with Crippen LogP contribution in [0.15, 0.2) is 12.1 Å². The second-order valence-electron chi connectivity index (χ2n) is 7.79. The average Bonchev–Trinajstić information content (AvgIpc) is 3.27. The van der Waals surface area contributed by atoms with E-state index in [4.69, 9.17) is 54.1 Å². The number of ether oxygens (including phenoxy) is 1. The van der Waals surface area contributed by atoms with Crippen LogP contribution in [0.5, 0.6) is 5.75 Å². The van der Waals surface area contributed by atoms with Crippen molar-refractivity contribution in [3.63, 3.8) is 0 Å². The highest BCUT2D eigenvalue weighted by Gasteiger charge is 2.22. The summed E-state index contributed by atoms with van der Waals surface area (Å²) in [5.41, 5.74) is 6.74. The number of halogens is 2. The van der Waals surface area contributed by atoms with Gasteiger partial charge in [0.25, 0.3) is 0 Å². The highest BCUT2D eigenvalue weighted by atomic mass is 35.5. The van der Waals surface area contributed by atoms with Gasteiger partial charge < -0.3 is 35.8 Å². The van der Waals surface area contributed by atoms with Gasteiger partial charge in [0.1, 0.15) is 5.75 Å². The predicted octanol–water partition coefficient (Wildman–Crippen LogP) is 3.09. The van der Waals surface area contributed by atoms with Crippen LogP contribution in [0.2, 0.25) is 10.0 Å². The van der Waals surface area contributed by atoms with Crippen LogP contribution in [-0.4, -0.2) is 82.0 Å². The zero-order valence-corrected chi connectivity index (χ0v) is 21.6. The molecule has 0 saturated carbocycles. The summed E-state index contributed by atoms with van der Waals surface area (Å²) in [6.45, 7) is 6.54. The van der Waals surface area contributed by atoms with E-state index in [1.54, 1.807) is 6.07 Å². The van der Waals surface area contributed by atoms with E-state index in [0.29, 0.717) is 22.6 Å². The average molecular weight is 553 g/mol. The van der Waals surface area contributed by atoms with Crippen molar-refractivity contribution in [1.29, 1.82) is 0 Å². The van der Waals surface area contributed by atoms with E-state index < -0.39 is 23.9 Å². The largest absolute Gasteiger partial charge is 0.494 e. The van der Waals surface area contributed by atoms with Crippen LogP contribution in [0, 0.1) is 5.92 Å². The van der Waals surface area contributed by atoms with E-state index in [2.05, 4.69) is 4.90 Å². The summed E-state index contributed by atoms with van der Waals surface area (Å²) < 4.78 is 5.65. The number of likely N-dealkylation sites (tertiary alicyclic amines) is 1. The van der Waals surface area contributed by atoms with Crippen LogP contribution in [-0.2, 0) is 25.6 Å². The summed E-state index contributed by atoms with van der Waals surface area (Å²) >= 11 is 12.4. The first-order valence-electron chi connectivity index (χ1n) is 11.3. The first-order valence-corrected chi connectivity index (χ1v) is 12.1. The normalized spacial score (nSPS) is 14.6. The molecule has 1 heterocycles. The molecule has 1 atom stereocenters. The van der Waals surface area contributed by atoms with Gasteiger partial charge in [-0.3, -0.25) is 19.2 Å². The molecule has 11 nitrogen and oxygen atoms in total. The number of nitrogens with zero attached hydrogens (tertiary/aromatic N) is 1. The minimum atomic E-state index is -1.08. The van der Waals surface area contributed by atoms with Crippen molar-refractivity contribution in [3.8, 4) is 5.75 Å². The molecule has 1 aromatic rings. The van der Waals surface area contributed by atoms with Crippen molar-refractivity contribution in [3.05, 3.63) is 27.7 Å². The maximum absolute atomic E-state index is 9.64. The monoisotopic (exact) mass is 552 g/mol. The van der Waals surface area contributed by atoms with Gasteiger partial charge in [0.05, 0.1) is 42.3 Å². The number of hydrogen-bond donors (Lipinski definition) is 5. The smallest absolute Gasteiger partial charge is 0.303 e. The van der Waals surface area contributed by atoms with Gasteiger partial charge in [-0.2, -0.15) is 0 Å². The fourth-order valence-corrected chi connectivity index (χ4v) is 3.53. The fraction of sp³-hybridized carbons (Fsp3) is 0.565. The van der Waals surface area contributed by atoms with Gasteiger partial charge in [-0.25, -0.2) is 0 Å². The molecule has 0 unspecified atom stereocenters. The first kappa shape index (κ1) is 33.4. The third-order valence-corrected chi connectivity index (χ3v) is 5.78. The summed E-state index contributed by atoms with van der Waals surface area (Å²) in [4.78, 5) is 41.0. The molecule has 0 bridgehead atoms. The van der Waals surface area contributed by atoms with Crippen molar-refractivity contribution >= 4 is 47.1 Å². The Morgan fingerprint density at radius 2 is 1.47 bits per heavy atom. The van der Waals surface area contributed by atoms with Crippen molar-refractivity contribution < 1.29 is 44.3 Å². The van der Waals surface area contributed by atoms with Gasteiger partial charge in [-0.05, 0) is 50.9 Å². The van der Waals surface area contributed by atoms with Gasteiger partial charge in [0.2, 0.25) is 0 Å². The lowest BCUT2D eigenvalue weighted by Crippen LogP contribution is -2.25. The first-order chi connectivity index (χ1) is 16.9. The second-order valence-corrected chi connectivity index (χ2v) is 8.57. The molecule has 0 aliphatic carbocycles. The van der Waals surface area contributed by atoms with Crippen molar-refractivity contribution in [2.45, 2.75) is 45.4 Å². The molecule has 1 aromatic carbocycles. The molecule has 2 rings (SSSR count). The molecule has 1 saturated heterocycles. The van der Waals surface area contributed by atoms with E-state index in [0.717, 1.165) is 43.9 Å². The van der Waals surface area contributed by atoms with Gasteiger partial charge in [-0.1, -0.05) is 23.2 Å². The van der Waals surface area contributed by atoms with Crippen LogP contribution in [0.3, 0.4) is 0 Å². The number of nitrogens with two attached hydrogens (primary N) is 1. The molecule has 0 spiro atoms. The summed E-state index contributed by atoms with van der Waals surface area (Å²) in [7, 11) is 0. The number of hydrogen-bond acceptors (Lipinski definition) is 7. The molecule has 36 heavy (non-hydrogen) atoms. The van der Waals surface area contributed by atoms with Crippen molar-refractivity contribution in [2.75, 3.05) is 32.8 Å². The maximum atomic E-state index is 9.64. The van der Waals surface area contributed by atoms with E-state index in [1.807, 2.05) is 13.0 Å². The quantitative estimate of drug-likeness (QED) is 0.256. The lowest BCUT2D eigenvalue weighted by molar-refractivity contribution is -0.143. The maximum Gasteiger partial charge on any atom is 0.303 e. The zero-order valence-electron chi connectivity index (χ0n) is 20.1. The Kier molecular flexibility index (Phi) is 17.3. The van der Waals surface area contributed by atoms with Crippen LogP contribution in [0.1, 0.15) is 44.6 Å². The van der Waals surface area contributed by atoms with E-state index in [-0.39, 0.29) is 25.7 Å². The van der Waals surface area contributed by atoms with Gasteiger partial charge >= 0.3 is 23.9 Å². The highest BCUT2D eigenvalue weighted by molar-refractivity contribution is 6.42. The number of benzene rings is 1. The Morgan fingerprint density at radius 1 is 0.972 bits per heavy atom. The highest BCUT2D eigenvalue weighted by Crippen LogP contribution is 2.33. The number of carboxylic acids is 4. The summed E-state index contributed by atoms with van der Waals surface area (Å²) in [6, 6.07) is 3.69. The number of carbonyl (C=O) groups is 4. The van der Waals surface area contributed by atoms with E-state index in [9.17, 15) is 19.2 Å². The van der Waals surface area contributed by atoms with E-state index >= 15 is 0 Å². The third-order valence-electron chi connectivity index (χ3n) is 4.94. The topological polar surface area (TPSA) is 188 Å². The summed E-state index contributed by atoms with van der Waals surface area (Å²) in [5, 5.41) is 32.8. The fourth-order valence-electron chi connectivity index (χ4n) is 3.10.